The zero-order valence-corrected chi connectivity index (χ0v) is 16.2. The van der Waals surface area contributed by atoms with Crippen LogP contribution in [-0.4, -0.2) is 84.4 Å². The minimum atomic E-state index is 0.0216. The molecule has 1 aromatic heterocycles. The van der Waals surface area contributed by atoms with Crippen LogP contribution in [-0.2, 0) is 19.1 Å². The third-order valence-corrected chi connectivity index (χ3v) is 5.85. The van der Waals surface area contributed by atoms with Gasteiger partial charge in [0.25, 0.3) is 0 Å². The van der Waals surface area contributed by atoms with Gasteiger partial charge in [0.15, 0.2) is 5.82 Å². The highest BCUT2D eigenvalue weighted by atomic mass is 16.5. The van der Waals surface area contributed by atoms with E-state index in [9.17, 15) is 9.59 Å². The van der Waals surface area contributed by atoms with E-state index >= 15 is 0 Å². The van der Waals surface area contributed by atoms with Gasteiger partial charge in [0.2, 0.25) is 17.7 Å². The van der Waals surface area contributed by atoms with Gasteiger partial charge < -0.3 is 23.8 Å². The summed E-state index contributed by atoms with van der Waals surface area (Å²) in [4.78, 5) is 32.9. The summed E-state index contributed by atoms with van der Waals surface area (Å²) in [5.74, 6) is 1.83. The molecule has 4 rings (SSSR count). The zero-order chi connectivity index (χ0) is 19.3. The lowest BCUT2D eigenvalue weighted by Crippen LogP contribution is -2.41. The normalized spacial score (nSPS) is 23.9. The van der Waals surface area contributed by atoms with Gasteiger partial charge in [0, 0.05) is 58.2 Å². The fourth-order valence-corrected chi connectivity index (χ4v) is 4.07. The van der Waals surface area contributed by atoms with Crippen LogP contribution in [0.15, 0.2) is 4.52 Å². The Morgan fingerprint density at radius 2 is 1.54 bits per heavy atom. The van der Waals surface area contributed by atoms with Gasteiger partial charge in [-0.15, -0.1) is 0 Å². The first-order chi connectivity index (χ1) is 13.7. The van der Waals surface area contributed by atoms with E-state index in [2.05, 4.69) is 10.1 Å². The molecule has 2 amide bonds. The number of carbonyl (C=O) groups excluding carboxylic acids is 2. The Labute approximate surface area is 164 Å². The molecular formula is C19H28N4O5. The maximum absolute atomic E-state index is 12.5. The number of amides is 2. The summed E-state index contributed by atoms with van der Waals surface area (Å²) in [5, 5.41) is 4.16. The van der Waals surface area contributed by atoms with Gasteiger partial charge in [0.1, 0.15) is 0 Å². The quantitative estimate of drug-likeness (QED) is 0.735. The Kier molecular flexibility index (Phi) is 6.21. The topological polar surface area (TPSA) is 98.0 Å². The van der Waals surface area contributed by atoms with Crippen molar-refractivity contribution in [2.24, 2.45) is 0 Å². The van der Waals surface area contributed by atoms with Crippen molar-refractivity contribution >= 4 is 11.8 Å². The maximum Gasteiger partial charge on any atom is 0.231 e. The molecular weight excluding hydrogens is 364 g/mol. The number of nitrogens with zero attached hydrogens (tertiary/aromatic N) is 4. The molecule has 9 nitrogen and oxygen atoms in total. The highest BCUT2D eigenvalue weighted by molar-refractivity contribution is 5.84. The first kappa shape index (κ1) is 19.3. The molecule has 0 aliphatic carbocycles. The predicted molar refractivity (Wildman–Crippen MR) is 97.7 cm³/mol. The summed E-state index contributed by atoms with van der Waals surface area (Å²) < 4.78 is 16.1. The molecule has 4 heterocycles. The van der Waals surface area contributed by atoms with E-state index in [1.165, 1.54) is 0 Å². The van der Waals surface area contributed by atoms with Gasteiger partial charge in [-0.25, -0.2) is 0 Å². The number of aromatic nitrogens is 2. The van der Waals surface area contributed by atoms with Crippen molar-refractivity contribution in [3.63, 3.8) is 0 Å². The molecule has 9 heteroatoms. The molecule has 0 bridgehead atoms. The summed E-state index contributed by atoms with van der Waals surface area (Å²) in [6.07, 6.45) is 3.17. The van der Waals surface area contributed by atoms with E-state index in [0.717, 1.165) is 38.3 Å². The van der Waals surface area contributed by atoms with Crippen molar-refractivity contribution in [3.05, 3.63) is 11.7 Å². The van der Waals surface area contributed by atoms with Gasteiger partial charge in [-0.3, -0.25) is 9.59 Å². The van der Waals surface area contributed by atoms with Gasteiger partial charge in [-0.1, -0.05) is 5.16 Å². The minimum Gasteiger partial charge on any atom is -0.381 e. The monoisotopic (exact) mass is 392 g/mol. The van der Waals surface area contributed by atoms with E-state index < -0.39 is 0 Å². The molecule has 0 spiro atoms. The lowest BCUT2D eigenvalue weighted by atomic mass is 10.00. The SMILES string of the molecule is O=C(CCC(=O)N1CCC(c2nc(C3CCOCC3)no2)C1)N1CCOCC1. The number of carbonyl (C=O) groups is 2. The smallest absolute Gasteiger partial charge is 0.231 e. The van der Waals surface area contributed by atoms with Crippen LogP contribution in [0.5, 0.6) is 0 Å². The Morgan fingerprint density at radius 1 is 0.857 bits per heavy atom. The molecule has 0 saturated carbocycles. The van der Waals surface area contributed by atoms with Crippen molar-refractivity contribution in [1.29, 1.82) is 0 Å². The lowest BCUT2D eigenvalue weighted by Gasteiger charge is -2.27. The molecule has 1 atom stereocenters. The second-order valence-corrected chi connectivity index (χ2v) is 7.70. The third-order valence-electron chi connectivity index (χ3n) is 5.85. The summed E-state index contributed by atoms with van der Waals surface area (Å²) in [7, 11) is 0. The first-order valence-corrected chi connectivity index (χ1v) is 10.3. The van der Waals surface area contributed by atoms with Crippen molar-refractivity contribution in [2.45, 2.75) is 43.9 Å². The molecule has 154 valence electrons. The zero-order valence-electron chi connectivity index (χ0n) is 16.2. The molecule has 0 aromatic carbocycles. The van der Waals surface area contributed by atoms with Crippen molar-refractivity contribution in [2.75, 3.05) is 52.6 Å². The standard InChI is InChI=1S/C19H28N4O5/c24-16(22-7-11-27-12-8-22)1-2-17(25)23-6-3-15(13-23)19-20-18(21-28-19)14-4-9-26-10-5-14/h14-15H,1-13H2. The second kappa shape index (κ2) is 9.00. The van der Waals surface area contributed by atoms with Crippen molar-refractivity contribution in [3.8, 4) is 0 Å². The van der Waals surface area contributed by atoms with E-state index in [1.807, 2.05) is 4.90 Å². The molecule has 1 aromatic rings. The highest BCUT2D eigenvalue weighted by Crippen LogP contribution is 2.30. The predicted octanol–water partition coefficient (Wildman–Crippen LogP) is 0.919. The van der Waals surface area contributed by atoms with Crippen LogP contribution in [0.1, 0.15) is 55.7 Å². The Morgan fingerprint density at radius 3 is 2.29 bits per heavy atom. The largest absolute Gasteiger partial charge is 0.381 e. The molecule has 3 fully saturated rings. The van der Waals surface area contributed by atoms with Gasteiger partial charge >= 0.3 is 0 Å². The molecule has 3 aliphatic rings. The minimum absolute atomic E-state index is 0.0216. The summed E-state index contributed by atoms with van der Waals surface area (Å²) in [6.45, 7) is 5.12. The van der Waals surface area contributed by atoms with E-state index in [1.54, 1.807) is 4.90 Å². The number of hydrogen-bond donors (Lipinski definition) is 0. The maximum atomic E-state index is 12.5. The van der Waals surface area contributed by atoms with Crippen molar-refractivity contribution < 1.29 is 23.6 Å². The second-order valence-electron chi connectivity index (χ2n) is 7.70. The molecule has 3 saturated heterocycles. The molecule has 0 radical (unpaired) electrons. The van der Waals surface area contributed by atoms with Crippen LogP contribution in [0.25, 0.3) is 0 Å². The number of likely N-dealkylation sites (tertiary alicyclic amines) is 1. The average molecular weight is 392 g/mol. The number of morpholine rings is 1. The fourth-order valence-electron chi connectivity index (χ4n) is 4.07. The number of hydrogen-bond acceptors (Lipinski definition) is 7. The van der Waals surface area contributed by atoms with Crippen LogP contribution in [0, 0.1) is 0 Å². The summed E-state index contributed by atoms with van der Waals surface area (Å²) in [5.41, 5.74) is 0. The lowest BCUT2D eigenvalue weighted by molar-refractivity contribution is -0.139. The molecule has 28 heavy (non-hydrogen) atoms. The van der Waals surface area contributed by atoms with Crippen LogP contribution >= 0.6 is 0 Å². The van der Waals surface area contributed by atoms with Crippen LogP contribution in [0.3, 0.4) is 0 Å². The van der Waals surface area contributed by atoms with Crippen molar-refractivity contribution in [1.82, 2.24) is 19.9 Å². The third kappa shape index (κ3) is 4.52. The first-order valence-electron chi connectivity index (χ1n) is 10.3. The Bertz CT molecular complexity index is 682. The van der Waals surface area contributed by atoms with E-state index in [4.69, 9.17) is 14.0 Å². The summed E-state index contributed by atoms with van der Waals surface area (Å²) in [6, 6.07) is 0. The molecule has 3 aliphatic heterocycles. The summed E-state index contributed by atoms with van der Waals surface area (Å²) >= 11 is 0. The highest BCUT2D eigenvalue weighted by Gasteiger charge is 2.32. The fraction of sp³-hybridized carbons (Fsp3) is 0.789. The molecule has 0 N–H and O–H groups in total. The van der Waals surface area contributed by atoms with Gasteiger partial charge in [0.05, 0.1) is 19.1 Å². The molecule has 1 unspecified atom stereocenters. The number of rotatable bonds is 5. The Balaban J connectivity index is 1.25. The number of ether oxygens (including phenoxy) is 2. The Hall–Kier alpha value is -2.00. The average Bonchev–Trinajstić information content (AvgIpc) is 3.43. The van der Waals surface area contributed by atoms with E-state index in [0.29, 0.717) is 51.2 Å². The van der Waals surface area contributed by atoms with Crippen LogP contribution in [0.4, 0.5) is 0 Å². The van der Waals surface area contributed by atoms with E-state index in [-0.39, 0.29) is 30.6 Å². The van der Waals surface area contributed by atoms with Gasteiger partial charge in [-0.2, -0.15) is 4.98 Å². The van der Waals surface area contributed by atoms with Crippen LogP contribution < -0.4 is 0 Å². The van der Waals surface area contributed by atoms with Gasteiger partial charge in [-0.05, 0) is 19.3 Å². The van der Waals surface area contributed by atoms with Crippen LogP contribution in [0.2, 0.25) is 0 Å².